The standard InChI is InChI=1S/C30H18S3/c1-5-13-23-19(9-1)29(20-10-2-6-14-24(20)31-23)27-17-18-28(33-27)30-21-11-3-7-15-25(21)32-26-16-8-4-12-22(26)30/h1-18H. The summed E-state index contributed by atoms with van der Waals surface area (Å²) in [7, 11) is 0. The molecule has 1 aromatic heterocycles. The normalized spacial score (nSPS) is 13.7. The van der Waals surface area contributed by atoms with E-state index in [0.717, 1.165) is 0 Å². The fourth-order valence-electron chi connectivity index (χ4n) is 4.71. The van der Waals surface area contributed by atoms with Crippen molar-refractivity contribution in [1.29, 1.82) is 0 Å². The SMILES string of the molecule is c1ccc2c(c1)Sc1ccccc1C2=c1ccc(=C2c3ccccc3Sc3ccccc32)s1. The van der Waals surface area contributed by atoms with E-state index in [1.165, 1.54) is 62.0 Å². The Hall–Kier alpha value is -2.98. The van der Waals surface area contributed by atoms with E-state index in [0.29, 0.717) is 0 Å². The Morgan fingerprint density at radius 2 is 0.636 bits per heavy atom. The van der Waals surface area contributed by atoms with Gasteiger partial charge in [-0.1, -0.05) is 96.3 Å². The van der Waals surface area contributed by atoms with Crippen LogP contribution in [0.4, 0.5) is 0 Å². The van der Waals surface area contributed by atoms with E-state index < -0.39 is 0 Å². The van der Waals surface area contributed by atoms with Crippen molar-refractivity contribution in [3.05, 3.63) is 141 Å². The Bertz CT molecular complexity index is 1450. The molecule has 156 valence electrons. The third kappa shape index (κ3) is 3.15. The van der Waals surface area contributed by atoms with Crippen molar-refractivity contribution in [2.75, 3.05) is 0 Å². The van der Waals surface area contributed by atoms with Crippen LogP contribution < -0.4 is 9.06 Å². The number of benzene rings is 4. The summed E-state index contributed by atoms with van der Waals surface area (Å²) in [4.78, 5) is 5.33. The Morgan fingerprint density at radius 3 is 0.970 bits per heavy atom. The quantitative estimate of drug-likeness (QED) is 0.228. The fraction of sp³-hybridized carbons (Fsp3) is 0. The molecule has 2 aliphatic heterocycles. The van der Waals surface area contributed by atoms with E-state index in [-0.39, 0.29) is 0 Å². The Labute approximate surface area is 205 Å². The maximum absolute atomic E-state index is 2.32. The molecule has 2 aliphatic rings. The molecular weight excluding hydrogens is 457 g/mol. The number of hydrogen-bond donors (Lipinski definition) is 0. The van der Waals surface area contributed by atoms with Gasteiger partial charge in [-0.15, -0.1) is 11.3 Å². The molecule has 4 aromatic carbocycles. The lowest BCUT2D eigenvalue weighted by Crippen LogP contribution is -2.11. The summed E-state index contributed by atoms with van der Waals surface area (Å²) < 4.78 is 2.65. The van der Waals surface area contributed by atoms with Crippen molar-refractivity contribution >= 4 is 46.0 Å². The van der Waals surface area contributed by atoms with Crippen molar-refractivity contribution in [3.8, 4) is 0 Å². The predicted molar refractivity (Wildman–Crippen MR) is 141 cm³/mol. The average molecular weight is 475 g/mol. The van der Waals surface area contributed by atoms with Gasteiger partial charge < -0.3 is 0 Å². The molecule has 0 saturated carbocycles. The van der Waals surface area contributed by atoms with Gasteiger partial charge in [0, 0.05) is 39.8 Å². The summed E-state index contributed by atoms with van der Waals surface area (Å²) in [6.45, 7) is 0. The third-order valence-corrected chi connectivity index (χ3v) is 9.59. The minimum absolute atomic E-state index is 1.32. The molecule has 0 bridgehead atoms. The van der Waals surface area contributed by atoms with Gasteiger partial charge in [-0.25, -0.2) is 0 Å². The first-order chi connectivity index (χ1) is 16.4. The van der Waals surface area contributed by atoms with Crippen LogP contribution in [0.2, 0.25) is 0 Å². The monoisotopic (exact) mass is 474 g/mol. The summed E-state index contributed by atoms with van der Waals surface area (Å²) in [5.41, 5.74) is 8.03. The van der Waals surface area contributed by atoms with E-state index >= 15 is 0 Å². The maximum atomic E-state index is 2.32. The topological polar surface area (TPSA) is 0 Å². The molecule has 0 nitrogen and oxygen atoms in total. The first-order valence-corrected chi connectivity index (χ1v) is 13.4. The molecular formula is C30H18S3. The molecule has 0 saturated heterocycles. The lowest BCUT2D eigenvalue weighted by Gasteiger charge is -2.22. The smallest absolute Gasteiger partial charge is 0.0362 e. The van der Waals surface area contributed by atoms with Crippen LogP contribution in [-0.4, -0.2) is 0 Å². The highest BCUT2D eigenvalue weighted by Crippen LogP contribution is 2.45. The first kappa shape index (κ1) is 19.5. The number of fused-ring (bicyclic) bond motifs is 4. The van der Waals surface area contributed by atoms with Gasteiger partial charge in [0.25, 0.3) is 0 Å². The van der Waals surface area contributed by atoms with E-state index in [4.69, 9.17) is 0 Å². The van der Waals surface area contributed by atoms with E-state index in [2.05, 4.69) is 109 Å². The molecule has 3 heterocycles. The van der Waals surface area contributed by atoms with Crippen LogP contribution in [0.3, 0.4) is 0 Å². The molecule has 3 heteroatoms. The maximum Gasteiger partial charge on any atom is 0.0362 e. The zero-order chi connectivity index (χ0) is 21.8. The van der Waals surface area contributed by atoms with Crippen LogP contribution in [0.5, 0.6) is 0 Å². The zero-order valence-corrected chi connectivity index (χ0v) is 20.1. The molecule has 0 amide bonds. The van der Waals surface area contributed by atoms with Gasteiger partial charge in [-0.05, 0) is 58.7 Å². The zero-order valence-electron chi connectivity index (χ0n) is 17.6. The number of thiophene rings is 1. The summed E-state index contributed by atoms with van der Waals surface area (Å²) in [6, 6.07) is 39.8. The van der Waals surface area contributed by atoms with Crippen molar-refractivity contribution in [3.63, 3.8) is 0 Å². The van der Waals surface area contributed by atoms with Gasteiger partial charge in [-0.3, -0.25) is 0 Å². The lowest BCUT2D eigenvalue weighted by atomic mass is 9.97. The minimum atomic E-state index is 1.32. The minimum Gasteiger partial charge on any atom is -0.135 e. The molecule has 0 aliphatic carbocycles. The molecule has 0 N–H and O–H groups in total. The molecule has 33 heavy (non-hydrogen) atoms. The van der Waals surface area contributed by atoms with Gasteiger partial charge in [0.2, 0.25) is 0 Å². The van der Waals surface area contributed by atoms with Crippen LogP contribution in [0.25, 0.3) is 11.1 Å². The molecule has 0 unspecified atom stereocenters. The van der Waals surface area contributed by atoms with Gasteiger partial charge in [0.05, 0.1) is 0 Å². The van der Waals surface area contributed by atoms with Crippen LogP contribution in [-0.2, 0) is 0 Å². The van der Waals surface area contributed by atoms with E-state index in [1.54, 1.807) is 0 Å². The summed E-state index contributed by atoms with van der Waals surface area (Å²) >= 11 is 5.65. The molecule has 0 radical (unpaired) electrons. The predicted octanol–water partition coefficient (Wildman–Crippen LogP) is 7.17. The second-order valence-electron chi connectivity index (χ2n) is 8.10. The van der Waals surface area contributed by atoms with Crippen LogP contribution in [0, 0.1) is 0 Å². The fourth-order valence-corrected chi connectivity index (χ4v) is 8.05. The second-order valence-corrected chi connectivity index (χ2v) is 11.4. The van der Waals surface area contributed by atoms with Gasteiger partial charge in [0.15, 0.2) is 0 Å². The van der Waals surface area contributed by atoms with Crippen LogP contribution in [0.1, 0.15) is 22.3 Å². The van der Waals surface area contributed by atoms with Gasteiger partial charge >= 0.3 is 0 Å². The highest BCUT2D eigenvalue weighted by molar-refractivity contribution is 7.99. The molecule has 0 spiro atoms. The number of rotatable bonds is 0. The largest absolute Gasteiger partial charge is 0.135 e. The Balaban J connectivity index is 1.58. The van der Waals surface area contributed by atoms with Crippen molar-refractivity contribution in [2.45, 2.75) is 19.6 Å². The average Bonchev–Trinajstić information content (AvgIpc) is 3.35. The van der Waals surface area contributed by atoms with Crippen LogP contribution >= 0.6 is 34.9 Å². The molecule has 7 rings (SSSR count). The highest BCUT2D eigenvalue weighted by atomic mass is 32.2. The third-order valence-electron chi connectivity index (χ3n) is 6.16. The van der Waals surface area contributed by atoms with Crippen molar-refractivity contribution in [1.82, 2.24) is 0 Å². The van der Waals surface area contributed by atoms with Crippen molar-refractivity contribution < 1.29 is 0 Å². The first-order valence-electron chi connectivity index (χ1n) is 10.9. The van der Waals surface area contributed by atoms with E-state index in [9.17, 15) is 0 Å². The van der Waals surface area contributed by atoms with E-state index in [1.807, 2.05) is 34.9 Å². The summed E-state index contributed by atoms with van der Waals surface area (Å²) in [6.07, 6.45) is 0. The van der Waals surface area contributed by atoms with Gasteiger partial charge in [0.1, 0.15) is 0 Å². The van der Waals surface area contributed by atoms with Gasteiger partial charge in [-0.2, -0.15) is 0 Å². The molecule has 0 fully saturated rings. The molecule has 5 aromatic rings. The van der Waals surface area contributed by atoms with Crippen LogP contribution in [0.15, 0.2) is 129 Å². The van der Waals surface area contributed by atoms with Crippen molar-refractivity contribution in [2.24, 2.45) is 0 Å². The highest BCUT2D eigenvalue weighted by Gasteiger charge is 2.23. The molecule has 0 atom stereocenters. The summed E-state index contributed by atoms with van der Waals surface area (Å²) in [5, 5.41) is 0. The summed E-state index contributed by atoms with van der Waals surface area (Å²) in [5.74, 6) is 0. The Kier molecular flexibility index (Phi) is 4.61. The second kappa shape index (κ2) is 7.81. The Morgan fingerprint density at radius 1 is 0.333 bits per heavy atom. The number of hydrogen-bond acceptors (Lipinski definition) is 3. The lowest BCUT2D eigenvalue weighted by molar-refractivity contribution is 1.28.